The van der Waals surface area contributed by atoms with Crippen LogP contribution < -0.4 is 5.32 Å². The van der Waals surface area contributed by atoms with Crippen LogP contribution in [0.3, 0.4) is 0 Å². The van der Waals surface area contributed by atoms with E-state index in [1.54, 1.807) is 6.07 Å². The highest BCUT2D eigenvalue weighted by atomic mass is 19.1. The fraction of sp³-hybridized carbons (Fsp3) is 0.176. The first-order valence-corrected chi connectivity index (χ1v) is 7.37. The van der Waals surface area contributed by atoms with E-state index < -0.39 is 40.6 Å². The Hall–Kier alpha value is -3.54. The van der Waals surface area contributed by atoms with Crippen LogP contribution in [-0.4, -0.2) is 28.8 Å². The Kier molecular flexibility index (Phi) is 5.47. The third-order valence-electron chi connectivity index (χ3n) is 3.39. The number of hydrogen-bond donors (Lipinski definition) is 1. The molecule has 0 aliphatic carbocycles. The zero-order valence-corrected chi connectivity index (χ0v) is 13.8. The van der Waals surface area contributed by atoms with Crippen LogP contribution in [-0.2, 0) is 16.6 Å². The van der Waals surface area contributed by atoms with Gasteiger partial charge in [-0.3, -0.25) is 9.59 Å². The van der Waals surface area contributed by atoms with Crippen LogP contribution in [0.25, 0.3) is 0 Å². The molecule has 0 spiro atoms. The number of amides is 1. The third-order valence-corrected chi connectivity index (χ3v) is 3.39. The normalized spacial score (nSPS) is 10.1. The van der Waals surface area contributed by atoms with Gasteiger partial charge in [-0.15, -0.1) is 0 Å². The maximum Gasteiger partial charge on any atom is 0.379 e. The number of aryl methyl sites for hydroxylation is 1. The number of rotatable bonds is 5. The Morgan fingerprint density at radius 3 is 2.62 bits per heavy atom. The lowest BCUT2D eigenvalue weighted by molar-refractivity contribution is -0.137. The largest absolute Gasteiger partial charge is 0.460 e. The number of ether oxygens (including phenoxy) is 1. The lowest BCUT2D eigenvalue weighted by Crippen LogP contribution is -2.19. The van der Waals surface area contributed by atoms with Gasteiger partial charge < -0.3 is 14.6 Å². The summed E-state index contributed by atoms with van der Waals surface area (Å²) >= 11 is 0. The van der Waals surface area contributed by atoms with Gasteiger partial charge in [0.05, 0.1) is 17.7 Å². The monoisotopic (exact) mass is 361 g/mol. The van der Waals surface area contributed by atoms with E-state index in [2.05, 4.69) is 10.1 Å². The minimum absolute atomic E-state index is 0.0574. The van der Waals surface area contributed by atoms with Gasteiger partial charge in [-0.05, 0) is 25.1 Å². The quantitative estimate of drug-likeness (QED) is 0.500. The van der Waals surface area contributed by atoms with Gasteiger partial charge in [0.2, 0.25) is 0 Å². The number of nitrogens with zero attached hydrogens (tertiary/aromatic N) is 2. The van der Waals surface area contributed by atoms with Crippen LogP contribution in [0.15, 0.2) is 24.4 Å². The van der Waals surface area contributed by atoms with Gasteiger partial charge in [-0.25, -0.2) is 13.6 Å². The Labute approximate surface area is 146 Å². The number of halogens is 2. The van der Waals surface area contributed by atoms with Crippen LogP contribution in [0.4, 0.5) is 14.5 Å². The van der Waals surface area contributed by atoms with Gasteiger partial charge in [0, 0.05) is 18.9 Å². The molecule has 0 bridgehead atoms. The zero-order chi connectivity index (χ0) is 19.4. The van der Waals surface area contributed by atoms with E-state index in [0.29, 0.717) is 0 Å². The molecule has 1 amide bonds. The fourth-order valence-electron chi connectivity index (χ4n) is 2.20. The number of Topliss-reactive ketones (excluding diaryl/α,β-unsaturated/α-hetero) is 1. The Morgan fingerprint density at radius 2 is 2.00 bits per heavy atom. The summed E-state index contributed by atoms with van der Waals surface area (Å²) < 4.78 is 33.4. The van der Waals surface area contributed by atoms with Crippen molar-refractivity contribution in [2.45, 2.75) is 6.92 Å². The molecule has 1 N–H and O–H groups in total. The van der Waals surface area contributed by atoms with Gasteiger partial charge in [-0.2, -0.15) is 5.26 Å². The number of nitrogens with one attached hydrogen (secondary N) is 1. The highest BCUT2D eigenvalue weighted by Gasteiger charge is 2.29. The molecule has 0 radical (unpaired) electrons. The van der Waals surface area contributed by atoms with Crippen molar-refractivity contribution in [2.24, 2.45) is 7.05 Å². The molecule has 0 saturated carbocycles. The number of benzene rings is 1. The minimum Gasteiger partial charge on any atom is -0.460 e. The lowest BCUT2D eigenvalue weighted by atomic mass is 10.2. The molecule has 1 heterocycles. The summed E-state index contributed by atoms with van der Waals surface area (Å²) in [5.41, 5.74) is -1.35. The lowest BCUT2D eigenvalue weighted by Gasteiger charge is -2.07. The first-order chi connectivity index (χ1) is 12.3. The van der Waals surface area contributed by atoms with Crippen molar-refractivity contribution in [1.29, 1.82) is 5.26 Å². The van der Waals surface area contributed by atoms with E-state index in [1.165, 1.54) is 20.0 Å². The van der Waals surface area contributed by atoms with Gasteiger partial charge in [0.15, 0.2) is 5.82 Å². The standard InChI is InChI=1S/C17H13F2N3O4/c1-3-26-17(25)15(23)11-8-22(2)14(13(11)19)16(24)21-10-4-5-12(18)9(6-10)7-20/h4-6,8H,3H2,1-2H3,(H,21,24). The predicted octanol–water partition coefficient (Wildman–Crippen LogP) is 2.17. The maximum atomic E-state index is 14.5. The van der Waals surface area contributed by atoms with Gasteiger partial charge in [0.25, 0.3) is 11.7 Å². The second kappa shape index (κ2) is 7.57. The molecule has 0 saturated heterocycles. The van der Waals surface area contributed by atoms with Gasteiger partial charge in [0.1, 0.15) is 17.6 Å². The fourth-order valence-corrected chi connectivity index (χ4v) is 2.20. The summed E-state index contributed by atoms with van der Waals surface area (Å²) in [6, 6.07) is 4.87. The zero-order valence-electron chi connectivity index (χ0n) is 13.8. The highest BCUT2D eigenvalue weighted by molar-refractivity contribution is 6.40. The molecule has 1 aromatic heterocycles. The van der Waals surface area contributed by atoms with Crippen LogP contribution in [0.2, 0.25) is 0 Å². The smallest absolute Gasteiger partial charge is 0.379 e. The molecule has 134 valence electrons. The molecular weight excluding hydrogens is 348 g/mol. The van der Waals surface area contributed by atoms with Crippen molar-refractivity contribution < 1.29 is 27.9 Å². The molecule has 0 atom stereocenters. The molecule has 0 aliphatic rings. The molecule has 7 nitrogen and oxygen atoms in total. The van der Waals surface area contributed by atoms with Crippen molar-refractivity contribution in [2.75, 3.05) is 11.9 Å². The number of esters is 1. The van der Waals surface area contributed by atoms with E-state index in [-0.39, 0.29) is 17.9 Å². The van der Waals surface area contributed by atoms with E-state index in [9.17, 15) is 23.2 Å². The number of carbonyl (C=O) groups excluding carboxylic acids is 3. The molecule has 0 aliphatic heterocycles. The SMILES string of the molecule is CCOC(=O)C(=O)c1cn(C)c(C(=O)Nc2ccc(F)c(C#N)c2)c1F. The first-order valence-electron chi connectivity index (χ1n) is 7.37. The van der Waals surface area contributed by atoms with E-state index >= 15 is 0 Å². The number of hydrogen-bond acceptors (Lipinski definition) is 5. The minimum atomic E-state index is -1.24. The number of nitriles is 1. The van der Waals surface area contributed by atoms with Gasteiger partial charge in [-0.1, -0.05) is 0 Å². The van der Waals surface area contributed by atoms with Gasteiger partial charge >= 0.3 is 5.97 Å². The van der Waals surface area contributed by atoms with Crippen molar-refractivity contribution in [3.63, 3.8) is 0 Å². The first kappa shape index (κ1) is 18.8. The van der Waals surface area contributed by atoms with Crippen LogP contribution in [0, 0.1) is 23.0 Å². The average Bonchev–Trinajstić information content (AvgIpc) is 2.90. The molecular formula is C17H13F2N3O4. The molecule has 26 heavy (non-hydrogen) atoms. The Bertz CT molecular complexity index is 944. The second-order valence-corrected chi connectivity index (χ2v) is 5.13. The summed E-state index contributed by atoms with van der Waals surface area (Å²) in [6.07, 6.45) is 0.995. The summed E-state index contributed by atoms with van der Waals surface area (Å²) in [7, 11) is 1.31. The van der Waals surface area contributed by atoms with Crippen molar-refractivity contribution >= 4 is 23.3 Å². The topological polar surface area (TPSA) is 101 Å². The van der Waals surface area contributed by atoms with E-state index in [0.717, 1.165) is 22.9 Å². The second-order valence-electron chi connectivity index (χ2n) is 5.13. The molecule has 0 fully saturated rings. The van der Waals surface area contributed by atoms with Crippen molar-refractivity contribution in [1.82, 2.24) is 4.57 Å². The molecule has 9 heteroatoms. The van der Waals surface area contributed by atoms with Crippen molar-refractivity contribution in [3.05, 3.63) is 52.9 Å². The van der Waals surface area contributed by atoms with Crippen LogP contribution >= 0.6 is 0 Å². The van der Waals surface area contributed by atoms with E-state index in [4.69, 9.17) is 5.26 Å². The predicted molar refractivity (Wildman–Crippen MR) is 85.4 cm³/mol. The maximum absolute atomic E-state index is 14.5. The molecule has 1 aromatic carbocycles. The number of carbonyl (C=O) groups is 3. The molecule has 2 aromatic rings. The summed E-state index contributed by atoms with van der Waals surface area (Å²) in [6.45, 7) is 1.43. The summed E-state index contributed by atoms with van der Waals surface area (Å²) in [5, 5.41) is 11.1. The summed E-state index contributed by atoms with van der Waals surface area (Å²) in [5.74, 6) is -5.35. The highest BCUT2D eigenvalue weighted by Crippen LogP contribution is 2.19. The molecule has 0 unspecified atom stereocenters. The number of anilines is 1. The van der Waals surface area contributed by atoms with Crippen molar-refractivity contribution in [3.8, 4) is 6.07 Å². The Morgan fingerprint density at radius 1 is 1.31 bits per heavy atom. The molecule has 2 rings (SSSR count). The summed E-state index contributed by atoms with van der Waals surface area (Å²) in [4.78, 5) is 35.6. The third kappa shape index (κ3) is 3.59. The van der Waals surface area contributed by atoms with Crippen LogP contribution in [0.1, 0.15) is 33.3 Å². The number of aromatic nitrogens is 1. The van der Waals surface area contributed by atoms with Crippen LogP contribution in [0.5, 0.6) is 0 Å². The number of ketones is 1. The Balaban J connectivity index is 2.32. The van der Waals surface area contributed by atoms with E-state index in [1.807, 2.05) is 0 Å². The average molecular weight is 361 g/mol.